The van der Waals surface area contributed by atoms with Gasteiger partial charge in [0.25, 0.3) is 5.91 Å². The van der Waals surface area contributed by atoms with E-state index in [4.69, 9.17) is 21.1 Å². The summed E-state index contributed by atoms with van der Waals surface area (Å²) < 4.78 is 10.6. The Morgan fingerprint density at radius 3 is 2.89 bits per heavy atom. The van der Waals surface area contributed by atoms with Crippen LogP contribution in [0.5, 0.6) is 11.5 Å². The van der Waals surface area contributed by atoms with Gasteiger partial charge in [-0.05, 0) is 42.0 Å². The number of nitrogens with zero attached hydrogens (tertiary/aromatic N) is 2. The first-order chi connectivity index (χ1) is 13.2. The molecule has 0 bridgehead atoms. The van der Waals surface area contributed by atoms with E-state index in [1.807, 2.05) is 30.3 Å². The fourth-order valence-electron chi connectivity index (χ4n) is 2.56. The summed E-state index contributed by atoms with van der Waals surface area (Å²) >= 11 is 5.97. The summed E-state index contributed by atoms with van der Waals surface area (Å²) in [5.74, 6) is 1.40. The summed E-state index contributed by atoms with van der Waals surface area (Å²) in [4.78, 5) is 20.8. The van der Waals surface area contributed by atoms with Gasteiger partial charge in [0.15, 0.2) is 11.5 Å². The molecule has 1 amide bonds. The topological polar surface area (TPSA) is 85.4 Å². The molecule has 2 aromatic carbocycles. The monoisotopic (exact) mass is 382 g/mol. The van der Waals surface area contributed by atoms with Gasteiger partial charge in [0.1, 0.15) is 5.69 Å². The highest BCUT2D eigenvalue weighted by molar-refractivity contribution is 6.30. The lowest BCUT2D eigenvalue weighted by Gasteiger charge is -2.08. The molecule has 3 aromatic rings. The molecule has 0 unspecified atom stereocenters. The van der Waals surface area contributed by atoms with Crippen molar-refractivity contribution >= 4 is 29.1 Å². The van der Waals surface area contributed by atoms with E-state index in [0.717, 1.165) is 11.3 Å². The smallest absolute Gasteiger partial charge is 0.270 e. The van der Waals surface area contributed by atoms with Crippen LogP contribution in [-0.2, 0) is 6.54 Å². The fourth-order valence-corrected chi connectivity index (χ4v) is 2.75. The maximum absolute atomic E-state index is 12.4. The van der Waals surface area contributed by atoms with Crippen LogP contribution in [0.2, 0.25) is 5.02 Å². The van der Waals surface area contributed by atoms with Crippen LogP contribution in [0.1, 0.15) is 16.1 Å². The highest BCUT2D eigenvalue weighted by Crippen LogP contribution is 2.32. The van der Waals surface area contributed by atoms with E-state index in [9.17, 15) is 4.79 Å². The van der Waals surface area contributed by atoms with Crippen LogP contribution in [-0.4, -0.2) is 22.7 Å². The van der Waals surface area contributed by atoms with E-state index in [1.54, 1.807) is 18.2 Å². The van der Waals surface area contributed by atoms with Crippen molar-refractivity contribution in [1.82, 2.24) is 15.3 Å². The van der Waals surface area contributed by atoms with Gasteiger partial charge in [-0.2, -0.15) is 0 Å². The summed E-state index contributed by atoms with van der Waals surface area (Å²) in [6.45, 7) is 0.561. The van der Waals surface area contributed by atoms with Gasteiger partial charge < -0.3 is 20.1 Å². The molecular weight excluding hydrogens is 368 g/mol. The SMILES string of the molecule is O=C(NCc1ccc2c(c1)OCO2)c1ccnc(Nc2cccc(Cl)c2)n1. The highest BCUT2D eigenvalue weighted by Gasteiger charge is 2.14. The van der Waals surface area contributed by atoms with Crippen LogP contribution in [0.25, 0.3) is 0 Å². The molecule has 0 atom stereocenters. The van der Waals surface area contributed by atoms with Crippen LogP contribution in [0, 0.1) is 0 Å². The maximum Gasteiger partial charge on any atom is 0.270 e. The number of nitrogens with one attached hydrogen (secondary N) is 2. The van der Waals surface area contributed by atoms with E-state index in [0.29, 0.717) is 29.0 Å². The van der Waals surface area contributed by atoms with Crippen LogP contribution >= 0.6 is 11.6 Å². The van der Waals surface area contributed by atoms with E-state index in [1.165, 1.54) is 6.20 Å². The van der Waals surface area contributed by atoms with Gasteiger partial charge in [-0.25, -0.2) is 9.97 Å². The van der Waals surface area contributed by atoms with Crippen LogP contribution in [0.4, 0.5) is 11.6 Å². The first kappa shape index (κ1) is 17.1. The lowest BCUT2D eigenvalue weighted by Crippen LogP contribution is -2.24. The summed E-state index contributed by atoms with van der Waals surface area (Å²) in [7, 11) is 0. The summed E-state index contributed by atoms with van der Waals surface area (Å²) in [5, 5.41) is 6.45. The number of ether oxygens (including phenoxy) is 2. The fraction of sp³-hybridized carbons (Fsp3) is 0.105. The van der Waals surface area contributed by atoms with Crippen molar-refractivity contribution in [3.8, 4) is 11.5 Å². The number of carbonyl (C=O) groups is 1. The zero-order valence-corrected chi connectivity index (χ0v) is 14.9. The lowest BCUT2D eigenvalue weighted by molar-refractivity contribution is 0.0946. The molecule has 8 heteroatoms. The summed E-state index contributed by atoms with van der Waals surface area (Å²) in [6, 6.07) is 14.3. The molecule has 1 aliphatic heterocycles. The first-order valence-corrected chi connectivity index (χ1v) is 8.57. The first-order valence-electron chi connectivity index (χ1n) is 8.20. The van der Waals surface area contributed by atoms with Crippen molar-refractivity contribution in [2.45, 2.75) is 6.54 Å². The number of fused-ring (bicyclic) bond motifs is 1. The number of rotatable bonds is 5. The predicted octanol–water partition coefficient (Wildman–Crippen LogP) is 3.53. The zero-order chi connectivity index (χ0) is 18.6. The van der Waals surface area contributed by atoms with Crippen LogP contribution in [0.15, 0.2) is 54.7 Å². The van der Waals surface area contributed by atoms with Gasteiger partial charge in [-0.3, -0.25) is 4.79 Å². The number of aromatic nitrogens is 2. The Balaban J connectivity index is 1.41. The Morgan fingerprint density at radius 2 is 2.00 bits per heavy atom. The van der Waals surface area contributed by atoms with Crippen molar-refractivity contribution in [3.05, 3.63) is 71.0 Å². The highest BCUT2D eigenvalue weighted by atomic mass is 35.5. The Bertz CT molecular complexity index is 996. The quantitative estimate of drug-likeness (QED) is 0.702. The van der Waals surface area contributed by atoms with E-state index in [2.05, 4.69) is 20.6 Å². The predicted molar refractivity (Wildman–Crippen MR) is 101 cm³/mol. The maximum atomic E-state index is 12.4. The van der Waals surface area contributed by atoms with Crippen molar-refractivity contribution in [2.24, 2.45) is 0 Å². The molecule has 27 heavy (non-hydrogen) atoms. The zero-order valence-electron chi connectivity index (χ0n) is 14.1. The lowest BCUT2D eigenvalue weighted by atomic mass is 10.2. The number of anilines is 2. The van der Waals surface area contributed by atoms with Crippen molar-refractivity contribution in [2.75, 3.05) is 12.1 Å². The minimum atomic E-state index is -0.302. The van der Waals surface area contributed by atoms with Gasteiger partial charge in [0.2, 0.25) is 12.7 Å². The number of carbonyl (C=O) groups excluding carboxylic acids is 1. The van der Waals surface area contributed by atoms with E-state index >= 15 is 0 Å². The minimum absolute atomic E-state index is 0.217. The molecule has 136 valence electrons. The second-order valence-corrected chi connectivity index (χ2v) is 6.21. The third kappa shape index (κ3) is 4.09. The van der Waals surface area contributed by atoms with E-state index < -0.39 is 0 Å². The summed E-state index contributed by atoms with van der Waals surface area (Å²) in [5.41, 5.74) is 1.90. The molecule has 0 radical (unpaired) electrons. The average molecular weight is 383 g/mol. The van der Waals surface area contributed by atoms with Gasteiger partial charge in [-0.1, -0.05) is 23.7 Å². The van der Waals surface area contributed by atoms with Crippen molar-refractivity contribution in [1.29, 1.82) is 0 Å². The largest absolute Gasteiger partial charge is 0.454 e. The molecule has 0 saturated heterocycles. The Morgan fingerprint density at radius 1 is 1.11 bits per heavy atom. The molecular formula is C19H15ClN4O3. The molecule has 0 fully saturated rings. The minimum Gasteiger partial charge on any atom is -0.454 e. The van der Waals surface area contributed by atoms with Crippen LogP contribution < -0.4 is 20.1 Å². The van der Waals surface area contributed by atoms with Gasteiger partial charge in [-0.15, -0.1) is 0 Å². The Kier molecular flexibility index (Phi) is 4.76. The average Bonchev–Trinajstić information content (AvgIpc) is 3.14. The number of halogens is 1. The second-order valence-electron chi connectivity index (χ2n) is 5.77. The number of hydrogen-bond acceptors (Lipinski definition) is 6. The molecule has 1 aliphatic rings. The molecule has 4 rings (SSSR count). The van der Waals surface area contributed by atoms with E-state index in [-0.39, 0.29) is 18.4 Å². The molecule has 0 spiro atoms. The van der Waals surface area contributed by atoms with Gasteiger partial charge in [0.05, 0.1) is 0 Å². The molecule has 2 N–H and O–H groups in total. The third-order valence-electron chi connectivity index (χ3n) is 3.86. The van der Waals surface area contributed by atoms with Crippen molar-refractivity contribution in [3.63, 3.8) is 0 Å². The standard InChI is InChI=1S/C19H15ClN4O3/c20-13-2-1-3-14(9-13)23-19-21-7-6-15(24-19)18(25)22-10-12-4-5-16-17(8-12)27-11-26-16/h1-9H,10-11H2,(H,22,25)(H,21,23,24). The van der Waals surface area contributed by atoms with Crippen LogP contribution in [0.3, 0.4) is 0 Å². The second kappa shape index (κ2) is 7.51. The molecule has 1 aromatic heterocycles. The molecule has 0 aliphatic carbocycles. The molecule has 2 heterocycles. The molecule has 7 nitrogen and oxygen atoms in total. The number of amides is 1. The molecule has 0 saturated carbocycles. The summed E-state index contributed by atoms with van der Waals surface area (Å²) in [6.07, 6.45) is 1.52. The van der Waals surface area contributed by atoms with Gasteiger partial charge >= 0.3 is 0 Å². The van der Waals surface area contributed by atoms with Gasteiger partial charge in [0, 0.05) is 23.5 Å². The number of benzene rings is 2. The Labute approximate surface area is 160 Å². The van der Waals surface area contributed by atoms with Crippen molar-refractivity contribution < 1.29 is 14.3 Å². The number of hydrogen-bond donors (Lipinski definition) is 2. The Hall–Kier alpha value is -3.32. The third-order valence-corrected chi connectivity index (χ3v) is 4.09. The normalized spacial score (nSPS) is 11.9.